The van der Waals surface area contributed by atoms with Crippen molar-refractivity contribution in [3.63, 3.8) is 0 Å². The summed E-state index contributed by atoms with van der Waals surface area (Å²) in [7, 11) is 3.89. The molecule has 0 fully saturated rings. The summed E-state index contributed by atoms with van der Waals surface area (Å²) >= 11 is 2.53. The van der Waals surface area contributed by atoms with Crippen LogP contribution in [0.4, 0.5) is 22.0 Å². The predicted octanol–water partition coefficient (Wildman–Crippen LogP) is 2.62. The van der Waals surface area contributed by atoms with E-state index in [1.807, 2.05) is 0 Å². The van der Waals surface area contributed by atoms with Gasteiger partial charge >= 0.3 is 41.4 Å². The van der Waals surface area contributed by atoms with E-state index in [-0.39, 0.29) is 0 Å². The molecule has 0 spiro atoms. The van der Waals surface area contributed by atoms with Gasteiger partial charge in [-0.15, -0.1) is 0 Å². The van der Waals surface area contributed by atoms with Crippen molar-refractivity contribution in [1.82, 2.24) is 0 Å². The van der Waals surface area contributed by atoms with Crippen LogP contribution in [0, 0.1) is 6.43 Å². The Labute approximate surface area is 63.6 Å². The van der Waals surface area contributed by atoms with Gasteiger partial charge in [-0.1, -0.05) is 0 Å². The summed E-state index contributed by atoms with van der Waals surface area (Å²) in [5.74, 6) is 0. The summed E-state index contributed by atoms with van der Waals surface area (Å²) in [5.41, 5.74) is 0. The first-order chi connectivity index (χ1) is 3.94. The normalized spacial score (nSPS) is 10.7. The van der Waals surface area contributed by atoms with Crippen LogP contribution >= 0.6 is 9.58 Å². The Hall–Kier alpha value is 0.610. The predicted molar refractivity (Wildman–Crippen MR) is 19.1 cm³/mol. The number of rotatable bonds is 0. The molecule has 60 valence electrons. The van der Waals surface area contributed by atoms with Gasteiger partial charge in [0.25, 0.3) is 0 Å². The Bertz CT molecular complexity index is 69.8. The molecule has 0 atom stereocenters. The molecule has 0 aromatic heterocycles. The van der Waals surface area contributed by atoms with Gasteiger partial charge in [0, 0.05) is 0 Å². The molecule has 9 heavy (non-hydrogen) atoms. The van der Waals surface area contributed by atoms with Crippen molar-refractivity contribution in [2.24, 2.45) is 0 Å². The van der Waals surface area contributed by atoms with Crippen molar-refractivity contribution in [2.45, 2.75) is 6.18 Å². The third-order valence-corrected chi connectivity index (χ3v) is 0.214. The summed E-state index contributed by atoms with van der Waals surface area (Å²) in [5, 5.41) is 0. The van der Waals surface area contributed by atoms with Crippen molar-refractivity contribution < 1.29 is 41.1 Å². The average Bonchev–Trinajstić information content (AvgIpc) is 1.69. The first kappa shape index (κ1) is 12.3. The third-order valence-electron chi connectivity index (χ3n) is 0.214. The van der Waals surface area contributed by atoms with Crippen molar-refractivity contribution in [2.75, 3.05) is 0 Å². The molecule has 0 aromatic carbocycles. The van der Waals surface area contributed by atoms with Crippen LogP contribution < -0.4 is 0 Å². The molecule has 0 aliphatic heterocycles. The second-order valence-electron chi connectivity index (χ2n) is 0.758. The van der Waals surface area contributed by atoms with Gasteiger partial charge in [-0.05, 0) is 0 Å². The van der Waals surface area contributed by atoms with Crippen LogP contribution in [0.5, 0.6) is 0 Å². The fraction of sp³-hybridized carbons (Fsp3) is 0.500. The number of hydrogen-bond acceptors (Lipinski definition) is 1. The van der Waals surface area contributed by atoms with Crippen LogP contribution in [0.3, 0.4) is 0 Å². The van der Waals surface area contributed by atoms with Gasteiger partial charge in [-0.2, -0.15) is 22.0 Å². The van der Waals surface area contributed by atoms with E-state index < -0.39 is 12.6 Å². The zero-order valence-electron chi connectivity index (χ0n) is 3.60. The minimum atomic E-state index is -5.42. The Morgan fingerprint density at radius 3 is 1.22 bits per heavy atom. The molecular formula is C2AgF5S. The molecule has 0 rings (SSSR count). The van der Waals surface area contributed by atoms with Crippen LogP contribution in [0.15, 0.2) is 0 Å². The second kappa shape index (κ2) is 5.40. The van der Waals surface area contributed by atoms with E-state index in [9.17, 15) is 22.0 Å². The van der Waals surface area contributed by atoms with Gasteiger partial charge in [-0.3, -0.25) is 0 Å². The summed E-state index contributed by atoms with van der Waals surface area (Å²) in [6.45, 7) is 0. The van der Waals surface area contributed by atoms with Crippen LogP contribution in [-0.2, 0) is 19.2 Å². The van der Waals surface area contributed by atoms with Gasteiger partial charge in [0.05, 0.1) is 0 Å². The molecule has 0 unspecified atom stereocenters. The first-order valence-electron chi connectivity index (χ1n) is 1.32. The molecule has 7 heteroatoms. The number of halogens is 5. The van der Waals surface area contributed by atoms with Crippen molar-refractivity contribution in [3.8, 4) is 0 Å². The summed E-state index contributed by atoms with van der Waals surface area (Å²) < 4.78 is 51.8. The molecule has 0 aliphatic rings. The second-order valence-corrected chi connectivity index (χ2v) is 0.758. The molecule has 0 heterocycles. The van der Waals surface area contributed by atoms with E-state index in [0.29, 0.717) is 0 Å². The molecule has 0 nitrogen and oxygen atoms in total. The van der Waals surface area contributed by atoms with Gasteiger partial charge in [-0.25, -0.2) is 0 Å². The zero-order chi connectivity index (χ0) is 8.08. The van der Waals surface area contributed by atoms with Gasteiger partial charge in [0.15, 0.2) is 0 Å². The quantitative estimate of drug-likeness (QED) is 0.476. The fourth-order valence-corrected chi connectivity index (χ4v) is 0. The van der Waals surface area contributed by atoms with Gasteiger partial charge < -0.3 is 0 Å². The molecule has 0 N–H and O–H groups in total. The maximum atomic E-state index is 10.4. The van der Waals surface area contributed by atoms with Crippen LogP contribution in [-0.4, -0.2) is 6.18 Å². The first-order valence-corrected chi connectivity index (χ1v) is 3.38. The van der Waals surface area contributed by atoms with Crippen LogP contribution in [0.25, 0.3) is 0 Å². The van der Waals surface area contributed by atoms with Gasteiger partial charge in [0.2, 0.25) is 0 Å². The van der Waals surface area contributed by atoms with Gasteiger partial charge in [0.1, 0.15) is 0 Å². The summed E-state index contributed by atoms with van der Waals surface area (Å²) in [6.07, 6.45) is -8.92. The zero-order valence-corrected chi connectivity index (χ0v) is 5.90. The number of alkyl halides is 3. The van der Waals surface area contributed by atoms with E-state index in [1.54, 1.807) is 0 Å². The molecule has 0 aliphatic carbocycles. The molecule has 0 saturated heterocycles. The average molecular weight is 259 g/mol. The Morgan fingerprint density at radius 1 is 1.11 bits per heavy atom. The molecule has 1 radical (unpaired) electrons. The van der Waals surface area contributed by atoms with E-state index in [2.05, 4.69) is 28.8 Å². The van der Waals surface area contributed by atoms with Crippen molar-refractivity contribution in [3.05, 3.63) is 6.43 Å². The maximum absolute atomic E-state index is 10.4. The Balaban J connectivity index is 0. The van der Waals surface area contributed by atoms with Crippen molar-refractivity contribution in [1.29, 1.82) is 0 Å². The fourth-order valence-electron chi connectivity index (χ4n) is 0. The third kappa shape index (κ3) is 8.61. The Morgan fingerprint density at radius 2 is 1.22 bits per heavy atom. The SMILES string of the molecule is F[C](F)C(F)(F)F.[S]=[Ag]. The summed E-state index contributed by atoms with van der Waals surface area (Å²) in [4.78, 5) is 0. The minimum absolute atomic E-state index is 2.53. The van der Waals surface area contributed by atoms with Crippen LogP contribution in [0.2, 0.25) is 0 Å². The van der Waals surface area contributed by atoms with Crippen LogP contribution in [0.1, 0.15) is 0 Å². The van der Waals surface area contributed by atoms with E-state index >= 15 is 0 Å². The topological polar surface area (TPSA) is 0 Å². The van der Waals surface area contributed by atoms with Crippen molar-refractivity contribution >= 4 is 9.58 Å². The van der Waals surface area contributed by atoms with E-state index in [0.717, 1.165) is 0 Å². The van der Waals surface area contributed by atoms with E-state index in [1.165, 1.54) is 0 Å². The molecular weight excluding hydrogens is 259 g/mol. The standard InChI is InChI=1S/C2F5.Ag.S/c3-1(4)2(5,6)7;;. The molecule has 0 saturated carbocycles. The monoisotopic (exact) mass is 258 g/mol. The molecule has 0 aromatic rings. The summed E-state index contributed by atoms with van der Waals surface area (Å²) in [6, 6.07) is 0. The molecule has 0 amide bonds. The molecule has 0 bridgehead atoms. The number of hydrogen-bond donors (Lipinski definition) is 0. The Kier molecular flexibility index (Phi) is 7.38. The van der Waals surface area contributed by atoms with E-state index in [4.69, 9.17) is 0 Å².